The van der Waals surface area contributed by atoms with Crippen molar-refractivity contribution in [2.24, 2.45) is 0 Å². The lowest BCUT2D eigenvalue weighted by Gasteiger charge is -2.20. The number of esters is 2. The van der Waals surface area contributed by atoms with Gasteiger partial charge in [0.15, 0.2) is 5.13 Å². The monoisotopic (exact) mass is 438 g/mol. The van der Waals surface area contributed by atoms with Gasteiger partial charge in [0.25, 0.3) is 0 Å². The number of para-hydroxylation sites is 1. The molecule has 0 radical (unpaired) electrons. The highest BCUT2D eigenvalue weighted by atomic mass is 32.1. The molecule has 160 valence electrons. The van der Waals surface area contributed by atoms with Gasteiger partial charge in [-0.05, 0) is 42.3 Å². The number of benzene rings is 2. The number of hydrogen-bond donors (Lipinski definition) is 0. The summed E-state index contributed by atoms with van der Waals surface area (Å²) >= 11 is 1.31. The van der Waals surface area contributed by atoms with Crippen LogP contribution in [0.15, 0.2) is 53.9 Å². The summed E-state index contributed by atoms with van der Waals surface area (Å²) in [5, 5.41) is 2.27. The summed E-state index contributed by atoms with van der Waals surface area (Å²) in [6.07, 6.45) is 0.782. The lowest BCUT2D eigenvalue weighted by atomic mass is 10.1. The third-order valence-electron chi connectivity index (χ3n) is 4.55. The minimum Gasteiger partial charge on any atom is -0.465 e. The van der Waals surface area contributed by atoms with Gasteiger partial charge in [-0.25, -0.2) is 14.6 Å². The molecule has 0 atom stereocenters. The van der Waals surface area contributed by atoms with Gasteiger partial charge in [0, 0.05) is 12.3 Å². The van der Waals surface area contributed by atoms with Crippen molar-refractivity contribution >= 4 is 40.0 Å². The second kappa shape index (κ2) is 9.99. The Balaban J connectivity index is 1.71. The van der Waals surface area contributed by atoms with Crippen LogP contribution in [0.3, 0.4) is 0 Å². The number of carbonyl (C=O) groups excluding carboxylic acids is 3. The Morgan fingerprint density at radius 1 is 1.00 bits per heavy atom. The van der Waals surface area contributed by atoms with Gasteiger partial charge in [-0.15, -0.1) is 11.3 Å². The van der Waals surface area contributed by atoms with Crippen LogP contribution < -0.4 is 4.90 Å². The molecular formula is C23H22N2O5S. The molecule has 3 rings (SSSR count). The first-order valence-electron chi connectivity index (χ1n) is 9.63. The maximum Gasteiger partial charge on any atom is 0.338 e. The second-order valence-electron chi connectivity index (χ2n) is 6.60. The maximum absolute atomic E-state index is 12.3. The summed E-state index contributed by atoms with van der Waals surface area (Å²) in [5.74, 6) is -1.16. The fourth-order valence-electron chi connectivity index (χ4n) is 2.98. The standard InChI is InChI=1S/C23H22N2O5S/c1-4-16-7-5-6-8-20(16)25(15(2)26)23-24-19(14-31-23)13-30-22(28)18-11-9-17(10-12-18)21(27)29-3/h5-12,14H,4,13H2,1-3H3. The first-order chi connectivity index (χ1) is 14.9. The molecule has 0 saturated carbocycles. The summed E-state index contributed by atoms with van der Waals surface area (Å²) in [4.78, 5) is 42.2. The van der Waals surface area contributed by atoms with Crippen LogP contribution in [0.5, 0.6) is 0 Å². The molecule has 7 nitrogen and oxygen atoms in total. The van der Waals surface area contributed by atoms with Crippen molar-refractivity contribution in [3.63, 3.8) is 0 Å². The van der Waals surface area contributed by atoms with Gasteiger partial charge in [-0.3, -0.25) is 9.69 Å². The van der Waals surface area contributed by atoms with Crippen LogP contribution in [-0.4, -0.2) is 29.9 Å². The van der Waals surface area contributed by atoms with Crippen molar-refractivity contribution in [2.75, 3.05) is 12.0 Å². The largest absolute Gasteiger partial charge is 0.465 e. The number of methoxy groups -OCH3 is 1. The van der Waals surface area contributed by atoms with E-state index in [0.717, 1.165) is 17.7 Å². The first kappa shape index (κ1) is 22.2. The number of nitrogens with zero attached hydrogens (tertiary/aromatic N) is 2. The molecule has 0 saturated heterocycles. The Labute approximate surface area is 184 Å². The van der Waals surface area contributed by atoms with E-state index in [4.69, 9.17) is 4.74 Å². The molecular weight excluding hydrogens is 416 g/mol. The molecule has 8 heteroatoms. The van der Waals surface area contributed by atoms with E-state index in [2.05, 4.69) is 9.72 Å². The molecule has 0 aliphatic heterocycles. The van der Waals surface area contributed by atoms with E-state index < -0.39 is 11.9 Å². The van der Waals surface area contributed by atoms with Crippen LogP contribution in [0.2, 0.25) is 0 Å². The predicted octanol–water partition coefficient (Wildman–Crippen LogP) is 4.53. The number of aromatic nitrogens is 1. The van der Waals surface area contributed by atoms with E-state index in [1.165, 1.54) is 49.6 Å². The molecule has 1 amide bonds. The zero-order valence-electron chi connectivity index (χ0n) is 17.5. The van der Waals surface area contributed by atoms with Gasteiger partial charge in [-0.2, -0.15) is 0 Å². The highest BCUT2D eigenvalue weighted by Gasteiger charge is 2.20. The van der Waals surface area contributed by atoms with E-state index in [0.29, 0.717) is 22.0 Å². The highest BCUT2D eigenvalue weighted by molar-refractivity contribution is 7.14. The quantitative estimate of drug-likeness (QED) is 0.504. The van der Waals surface area contributed by atoms with E-state index in [1.807, 2.05) is 31.2 Å². The van der Waals surface area contributed by atoms with Crippen LogP contribution in [0, 0.1) is 0 Å². The summed E-state index contributed by atoms with van der Waals surface area (Å²) < 4.78 is 9.97. The normalized spacial score (nSPS) is 10.4. The number of hydrogen-bond acceptors (Lipinski definition) is 7. The fraction of sp³-hybridized carbons (Fsp3) is 0.217. The van der Waals surface area contributed by atoms with Gasteiger partial charge in [0.1, 0.15) is 6.61 Å². The summed E-state index contributed by atoms with van der Waals surface area (Å²) in [7, 11) is 1.29. The number of anilines is 2. The van der Waals surface area contributed by atoms with Crippen LogP contribution in [0.25, 0.3) is 0 Å². The molecule has 0 fully saturated rings. The van der Waals surface area contributed by atoms with Crippen molar-refractivity contribution in [2.45, 2.75) is 26.9 Å². The number of thiazole rings is 1. The van der Waals surface area contributed by atoms with E-state index in [9.17, 15) is 14.4 Å². The molecule has 0 aliphatic rings. The minimum absolute atomic E-state index is 0.0325. The number of ether oxygens (including phenoxy) is 2. The lowest BCUT2D eigenvalue weighted by Crippen LogP contribution is -2.23. The van der Waals surface area contributed by atoms with E-state index >= 15 is 0 Å². The molecule has 0 unspecified atom stereocenters. The van der Waals surface area contributed by atoms with Gasteiger partial charge in [0.2, 0.25) is 5.91 Å². The van der Waals surface area contributed by atoms with Gasteiger partial charge in [-0.1, -0.05) is 25.1 Å². The number of aryl methyl sites for hydroxylation is 1. The first-order valence-corrected chi connectivity index (χ1v) is 10.5. The average molecular weight is 439 g/mol. The topological polar surface area (TPSA) is 85.8 Å². The fourth-order valence-corrected chi connectivity index (χ4v) is 3.85. The molecule has 1 aromatic heterocycles. The number of carbonyl (C=O) groups is 3. The van der Waals surface area contributed by atoms with E-state index in [-0.39, 0.29) is 12.5 Å². The predicted molar refractivity (Wildman–Crippen MR) is 118 cm³/mol. The summed E-state index contributed by atoms with van der Waals surface area (Å²) in [5.41, 5.74) is 3.03. The molecule has 0 N–H and O–H groups in total. The van der Waals surface area contributed by atoms with Crippen molar-refractivity contribution in [1.82, 2.24) is 4.98 Å². The molecule has 0 aliphatic carbocycles. The van der Waals surface area contributed by atoms with Crippen molar-refractivity contribution < 1.29 is 23.9 Å². The van der Waals surface area contributed by atoms with Crippen molar-refractivity contribution in [3.05, 3.63) is 76.3 Å². The Kier molecular flexibility index (Phi) is 7.15. The molecule has 3 aromatic rings. The molecule has 0 spiro atoms. The van der Waals surface area contributed by atoms with Crippen LogP contribution in [-0.2, 0) is 27.3 Å². The molecule has 1 heterocycles. The Morgan fingerprint density at radius 3 is 2.26 bits per heavy atom. The van der Waals surface area contributed by atoms with Crippen LogP contribution in [0.4, 0.5) is 10.8 Å². The van der Waals surface area contributed by atoms with Crippen LogP contribution >= 0.6 is 11.3 Å². The molecule has 0 bridgehead atoms. The maximum atomic E-state index is 12.3. The van der Waals surface area contributed by atoms with Crippen LogP contribution in [0.1, 0.15) is 45.8 Å². The Bertz CT molecular complexity index is 1090. The third-order valence-corrected chi connectivity index (χ3v) is 5.43. The SMILES string of the molecule is CCc1ccccc1N(C(C)=O)c1nc(COC(=O)c2ccc(C(=O)OC)cc2)cs1. The zero-order chi connectivity index (χ0) is 22.4. The van der Waals surface area contributed by atoms with E-state index in [1.54, 1.807) is 10.3 Å². The van der Waals surface area contributed by atoms with Gasteiger partial charge < -0.3 is 9.47 Å². The van der Waals surface area contributed by atoms with Gasteiger partial charge in [0.05, 0.1) is 29.6 Å². The molecule has 31 heavy (non-hydrogen) atoms. The number of amides is 1. The zero-order valence-corrected chi connectivity index (χ0v) is 18.3. The third kappa shape index (κ3) is 5.16. The summed E-state index contributed by atoms with van der Waals surface area (Å²) in [6, 6.07) is 13.7. The Hall–Kier alpha value is -3.52. The number of rotatable bonds is 7. The second-order valence-corrected chi connectivity index (χ2v) is 7.44. The van der Waals surface area contributed by atoms with Crippen molar-refractivity contribution in [1.29, 1.82) is 0 Å². The van der Waals surface area contributed by atoms with Gasteiger partial charge >= 0.3 is 11.9 Å². The Morgan fingerprint density at radius 2 is 1.65 bits per heavy atom. The lowest BCUT2D eigenvalue weighted by molar-refractivity contribution is -0.115. The van der Waals surface area contributed by atoms with Crippen molar-refractivity contribution in [3.8, 4) is 0 Å². The highest BCUT2D eigenvalue weighted by Crippen LogP contribution is 2.31. The minimum atomic E-state index is -0.536. The molecule has 2 aromatic carbocycles. The average Bonchev–Trinajstić information content (AvgIpc) is 3.25. The smallest absolute Gasteiger partial charge is 0.338 e. The summed E-state index contributed by atoms with van der Waals surface area (Å²) in [6.45, 7) is 3.49.